The molecule has 0 aliphatic heterocycles. The van der Waals surface area contributed by atoms with Gasteiger partial charge in [0.25, 0.3) is 0 Å². The van der Waals surface area contributed by atoms with Crippen molar-refractivity contribution in [3.05, 3.63) is 34.6 Å². The molecule has 1 aromatic carbocycles. The highest BCUT2D eigenvalue weighted by molar-refractivity contribution is 9.10. The SMILES string of the molecule is COc1ccc(Br)cc1-c1nc(C=O)co1. The topological polar surface area (TPSA) is 52.3 Å². The summed E-state index contributed by atoms with van der Waals surface area (Å²) in [4.78, 5) is 14.5. The van der Waals surface area contributed by atoms with Crippen molar-refractivity contribution in [2.75, 3.05) is 7.11 Å². The average molecular weight is 282 g/mol. The van der Waals surface area contributed by atoms with Crippen LogP contribution in [0.5, 0.6) is 5.75 Å². The van der Waals surface area contributed by atoms with Gasteiger partial charge in [0.05, 0.1) is 12.7 Å². The summed E-state index contributed by atoms with van der Waals surface area (Å²) in [6.07, 6.45) is 1.94. The molecular weight excluding hydrogens is 274 g/mol. The van der Waals surface area contributed by atoms with E-state index in [0.717, 1.165) is 4.47 Å². The summed E-state index contributed by atoms with van der Waals surface area (Å²) < 4.78 is 11.3. The van der Waals surface area contributed by atoms with Crippen LogP contribution in [0.3, 0.4) is 0 Å². The van der Waals surface area contributed by atoms with E-state index in [-0.39, 0.29) is 5.69 Å². The fourth-order valence-electron chi connectivity index (χ4n) is 1.31. The highest BCUT2D eigenvalue weighted by Crippen LogP contribution is 2.31. The van der Waals surface area contributed by atoms with Crippen molar-refractivity contribution in [1.82, 2.24) is 4.98 Å². The van der Waals surface area contributed by atoms with Crippen LogP contribution < -0.4 is 4.74 Å². The van der Waals surface area contributed by atoms with E-state index in [0.29, 0.717) is 23.5 Å². The first-order chi connectivity index (χ1) is 7.74. The van der Waals surface area contributed by atoms with Gasteiger partial charge < -0.3 is 9.15 Å². The van der Waals surface area contributed by atoms with Gasteiger partial charge in [-0.1, -0.05) is 15.9 Å². The molecular formula is C11H8BrNO3. The summed E-state index contributed by atoms with van der Waals surface area (Å²) in [7, 11) is 1.57. The molecule has 16 heavy (non-hydrogen) atoms. The van der Waals surface area contributed by atoms with Crippen molar-refractivity contribution < 1.29 is 13.9 Å². The molecule has 4 nitrogen and oxygen atoms in total. The van der Waals surface area contributed by atoms with Crippen molar-refractivity contribution >= 4 is 22.2 Å². The maximum atomic E-state index is 10.5. The van der Waals surface area contributed by atoms with Gasteiger partial charge in [0.2, 0.25) is 5.89 Å². The lowest BCUT2D eigenvalue weighted by atomic mass is 10.2. The smallest absolute Gasteiger partial charge is 0.230 e. The minimum Gasteiger partial charge on any atom is -0.496 e. The lowest BCUT2D eigenvalue weighted by Gasteiger charge is -2.05. The van der Waals surface area contributed by atoms with Gasteiger partial charge in [-0.25, -0.2) is 4.98 Å². The van der Waals surface area contributed by atoms with Crippen LogP contribution in [-0.4, -0.2) is 18.4 Å². The Balaban J connectivity index is 2.53. The van der Waals surface area contributed by atoms with Gasteiger partial charge in [-0.15, -0.1) is 0 Å². The molecule has 2 aromatic rings. The van der Waals surface area contributed by atoms with Crippen molar-refractivity contribution in [3.8, 4) is 17.2 Å². The van der Waals surface area contributed by atoms with Gasteiger partial charge in [-0.3, -0.25) is 4.79 Å². The zero-order valence-corrected chi connectivity index (χ0v) is 10.0. The van der Waals surface area contributed by atoms with Gasteiger partial charge in [0, 0.05) is 4.47 Å². The average Bonchev–Trinajstić information content (AvgIpc) is 2.77. The molecule has 0 saturated carbocycles. The van der Waals surface area contributed by atoms with Crippen LogP contribution in [-0.2, 0) is 0 Å². The summed E-state index contributed by atoms with van der Waals surface area (Å²) >= 11 is 3.35. The first-order valence-electron chi connectivity index (χ1n) is 4.49. The molecule has 0 aliphatic carbocycles. The zero-order valence-electron chi connectivity index (χ0n) is 8.44. The van der Waals surface area contributed by atoms with Crippen LogP contribution in [0, 0.1) is 0 Å². The molecule has 0 bridgehead atoms. The third kappa shape index (κ3) is 1.99. The van der Waals surface area contributed by atoms with Crippen LogP contribution in [0.15, 0.2) is 33.4 Å². The van der Waals surface area contributed by atoms with Crippen LogP contribution in [0.2, 0.25) is 0 Å². The Hall–Kier alpha value is -1.62. The second-order valence-corrected chi connectivity index (χ2v) is 3.96. The Morgan fingerprint density at radius 1 is 1.50 bits per heavy atom. The number of benzene rings is 1. The van der Waals surface area contributed by atoms with Gasteiger partial charge in [0.1, 0.15) is 17.7 Å². The Morgan fingerprint density at radius 3 is 2.94 bits per heavy atom. The summed E-state index contributed by atoms with van der Waals surface area (Å²) in [5.41, 5.74) is 0.960. The van der Waals surface area contributed by atoms with E-state index in [1.165, 1.54) is 6.26 Å². The second kappa shape index (κ2) is 4.49. The number of aldehydes is 1. The molecule has 2 rings (SSSR count). The Bertz CT molecular complexity index is 522. The van der Waals surface area contributed by atoms with Crippen molar-refractivity contribution in [2.24, 2.45) is 0 Å². The van der Waals surface area contributed by atoms with Crippen LogP contribution in [0.25, 0.3) is 11.5 Å². The Morgan fingerprint density at radius 2 is 2.31 bits per heavy atom. The summed E-state index contributed by atoms with van der Waals surface area (Å²) in [6, 6.07) is 5.47. The normalized spacial score (nSPS) is 10.1. The lowest BCUT2D eigenvalue weighted by Crippen LogP contribution is -1.88. The Kier molecular flexibility index (Phi) is 3.05. The highest BCUT2D eigenvalue weighted by atomic mass is 79.9. The minimum atomic E-state index is 0.261. The van der Waals surface area contributed by atoms with Crippen LogP contribution >= 0.6 is 15.9 Å². The molecule has 5 heteroatoms. The number of aromatic nitrogens is 1. The molecule has 1 heterocycles. The van der Waals surface area contributed by atoms with E-state index < -0.39 is 0 Å². The van der Waals surface area contributed by atoms with E-state index in [2.05, 4.69) is 20.9 Å². The van der Waals surface area contributed by atoms with E-state index in [1.54, 1.807) is 13.2 Å². The molecule has 0 saturated heterocycles. The minimum absolute atomic E-state index is 0.261. The third-order valence-corrected chi connectivity index (χ3v) is 2.53. The Labute approximate surface area is 100 Å². The monoisotopic (exact) mass is 281 g/mol. The van der Waals surface area contributed by atoms with Crippen LogP contribution in [0.1, 0.15) is 10.5 Å². The van der Waals surface area contributed by atoms with Crippen molar-refractivity contribution in [3.63, 3.8) is 0 Å². The first-order valence-corrected chi connectivity index (χ1v) is 5.28. The van der Waals surface area contributed by atoms with E-state index >= 15 is 0 Å². The fourth-order valence-corrected chi connectivity index (χ4v) is 1.67. The molecule has 0 unspecified atom stereocenters. The molecule has 0 spiro atoms. The number of carbonyl (C=O) groups is 1. The molecule has 82 valence electrons. The number of carbonyl (C=O) groups excluding carboxylic acids is 1. The molecule has 0 amide bonds. The second-order valence-electron chi connectivity index (χ2n) is 3.04. The number of halogens is 1. The zero-order chi connectivity index (χ0) is 11.5. The maximum absolute atomic E-state index is 10.5. The molecule has 0 radical (unpaired) electrons. The lowest BCUT2D eigenvalue weighted by molar-refractivity contribution is 0.111. The number of rotatable bonds is 3. The number of oxazole rings is 1. The first kappa shape index (κ1) is 10.9. The van der Waals surface area contributed by atoms with Crippen molar-refractivity contribution in [2.45, 2.75) is 0 Å². The molecule has 0 fully saturated rings. The maximum Gasteiger partial charge on any atom is 0.230 e. The van der Waals surface area contributed by atoms with E-state index in [9.17, 15) is 4.79 Å². The molecule has 1 aromatic heterocycles. The van der Waals surface area contributed by atoms with Crippen molar-refractivity contribution in [1.29, 1.82) is 0 Å². The summed E-state index contributed by atoms with van der Waals surface area (Å²) in [6.45, 7) is 0. The van der Waals surface area contributed by atoms with Gasteiger partial charge in [-0.05, 0) is 18.2 Å². The number of ether oxygens (including phenoxy) is 1. The van der Waals surface area contributed by atoms with E-state index in [1.807, 2.05) is 12.1 Å². The molecule has 0 N–H and O–H groups in total. The predicted octanol–water partition coefficient (Wildman–Crippen LogP) is 2.93. The number of hydrogen-bond acceptors (Lipinski definition) is 4. The number of nitrogens with zero attached hydrogens (tertiary/aromatic N) is 1. The summed E-state index contributed by atoms with van der Waals surface area (Å²) in [5.74, 6) is 1.00. The van der Waals surface area contributed by atoms with Crippen LogP contribution in [0.4, 0.5) is 0 Å². The van der Waals surface area contributed by atoms with Gasteiger partial charge in [-0.2, -0.15) is 0 Å². The third-order valence-electron chi connectivity index (χ3n) is 2.03. The number of methoxy groups -OCH3 is 1. The quantitative estimate of drug-likeness (QED) is 0.812. The molecule has 0 aliphatic rings. The standard InChI is InChI=1S/C11H8BrNO3/c1-15-10-3-2-7(12)4-9(10)11-13-8(5-14)6-16-11/h2-6H,1H3. The summed E-state index contributed by atoms with van der Waals surface area (Å²) in [5, 5.41) is 0. The largest absolute Gasteiger partial charge is 0.496 e. The number of hydrogen-bond donors (Lipinski definition) is 0. The van der Waals surface area contributed by atoms with E-state index in [4.69, 9.17) is 9.15 Å². The fraction of sp³-hybridized carbons (Fsp3) is 0.0909. The molecule has 0 atom stereocenters. The van der Waals surface area contributed by atoms with Gasteiger partial charge >= 0.3 is 0 Å². The predicted molar refractivity (Wildman–Crippen MR) is 61.6 cm³/mol. The van der Waals surface area contributed by atoms with Gasteiger partial charge in [0.15, 0.2) is 6.29 Å². The highest BCUT2D eigenvalue weighted by Gasteiger charge is 2.12.